The molecule has 0 unspecified atom stereocenters. The van der Waals surface area contributed by atoms with Gasteiger partial charge in [0.1, 0.15) is 0 Å². The lowest BCUT2D eigenvalue weighted by atomic mass is 10.2. The molecular formula is C14H22O3. The standard InChI is InChI=1S/C14H22O3/c1-3-5-6-7-11-17-13-10-8-9-12(15)14(13)16-4-2/h8-10,15H,3-7,11H2,1-2H3. The number of para-hydroxylation sites is 1. The van der Waals surface area contributed by atoms with Crippen molar-refractivity contribution in [1.82, 2.24) is 0 Å². The van der Waals surface area contributed by atoms with Crippen LogP contribution in [0.5, 0.6) is 17.2 Å². The Labute approximate surface area is 103 Å². The van der Waals surface area contributed by atoms with Crippen molar-refractivity contribution in [3.05, 3.63) is 18.2 Å². The summed E-state index contributed by atoms with van der Waals surface area (Å²) in [4.78, 5) is 0. The maximum Gasteiger partial charge on any atom is 0.203 e. The lowest BCUT2D eigenvalue weighted by Gasteiger charge is -2.12. The van der Waals surface area contributed by atoms with Gasteiger partial charge in [-0.05, 0) is 25.5 Å². The highest BCUT2D eigenvalue weighted by Gasteiger charge is 2.09. The molecule has 0 saturated carbocycles. The van der Waals surface area contributed by atoms with Crippen molar-refractivity contribution in [1.29, 1.82) is 0 Å². The quantitative estimate of drug-likeness (QED) is 0.701. The fraction of sp³-hybridized carbons (Fsp3) is 0.571. The van der Waals surface area contributed by atoms with Crippen LogP contribution < -0.4 is 9.47 Å². The molecule has 1 aromatic rings. The van der Waals surface area contributed by atoms with Crippen molar-refractivity contribution in [3.63, 3.8) is 0 Å². The summed E-state index contributed by atoms with van der Waals surface area (Å²) in [5.74, 6) is 1.21. The van der Waals surface area contributed by atoms with Crippen LogP contribution in [0.3, 0.4) is 0 Å². The second-order valence-electron chi connectivity index (χ2n) is 3.95. The molecule has 3 nitrogen and oxygen atoms in total. The van der Waals surface area contributed by atoms with E-state index in [1.54, 1.807) is 12.1 Å². The van der Waals surface area contributed by atoms with Crippen LogP contribution in [0.25, 0.3) is 0 Å². The van der Waals surface area contributed by atoms with Crippen molar-refractivity contribution in [2.45, 2.75) is 39.5 Å². The van der Waals surface area contributed by atoms with E-state index in [-0.39, 0.29) is 5.75 Å². The molecule has 1 rings (SSSR count). The molecule has 0 heterocycles. The minimum absolute atomic E-state index is 0.137. The minimum Gasteiger partial charge on any atom is -0.504 e. The highest BCUT2D eigenvalue weighted by molar-refractivity contribution is 5.50. The fourth-order valence-corrected chi connectivity index (χ4v) is 1.62. The predicted molar refractivity (Wildman–Crippen MR) is 68.9 cm³/mol. The van der Waals surface area contributed by atoms with Gasteiger partial charge in [-0.1, -0.05) is 32.3 Å². The molecule has 17 heavy (non-hydrogen) atoms. The summed E-state index contributed by atoms with van der Waals surface area (Å²) in [5, 5.41) is 9.66. The SMILES string of the molecule is CCCCCCOc1cccc(O)c1OCC. The minimum atomic E-state index is 0.137. The molecule has 0 aromatic heterocycles. The summed E-state index contributed by atoms with van der Waals surface area (Å²) in [7, 11) is 0. The number of rotatable bonds is 8. The first-order valence-electron chi connectivity index (χ1n) is 6.37. The highest BCUT2D eigenvalue weighted by Crippen LogP contribution is 2.36. The van der Waals surface area contributed by atoms with E-state index in [2.05, 4.69) is 6.92 Å². The van der Waals surface area contributed by atoms with Gasteiger partial charge in [-0.25, -0.2) is 0 Å². The Bertz CT molecular complexity index is 323. The smallest absolute Gasteiger partial charge is 0.203 e. The molecule has 0 atom stereocenters. The normalized spacial score (nSPS) is 10.2. The number of phenols is 1. The van der Waals surface area contributed by atoms with Crippen LogP contribution in [0.15, 0.2) is 18.2 Å². The maximum absolute atomic E-state index is 9.66. The van der Waals surface area contributed by atoms with Gasteiger partial charge in [-0.3, -0.25) is 0 Å². The average Bonchev–Trinajstić information content (AvgIpc) is 2.33. The summed E-state index contributed by atoms with van der Waals surface area (Å²) in [5.41, 5.74) is 0. The van der Waals surface area contributed by atoms with E-state index < -0.39 is 0 Å². The van der Waals surface area contributed by atoms with Gasteiger partial charge in [0.05, 0.1) is 13.2 Å². The molecule has 1 N–H and O–H groups in total. The Kier molecular flexibility index (Phi) is 6.30. The second-order valence-corrected chi connectivity index (χ2v) is 3.95. The van der Waals surface area contributed by atoms with E-state index in [4.69, 9.17) is 9.47 Å². The Morgan fingerprint density at radius 2 is 1.88 bits per heavy atom. The van der Waals surface area contributed by atoms with E-state index >= 15 is 0 Å². The Morgan fingerprint density at radius 3 is 2.59 bits per heavy atom. The third kappa shape index (κ3) is 4.55. The van der Waals surface area contributed by atoms with Gasteiger partial charge in [-0.2, -0.15) is 0 Å². The molecule has 0 aliphatic heterocycles. The molecule has 0 spiro atoms. The van der Waals surface area contributed by atoms with Gasteiger partial charge in [-0.15, -0.1) is 0 Å². The molecule has 1 aromatic carbocycles. The summed E-state index contributed by atoms with van der Waals surface area (Å²) < 4.78 is 11.0. The molecule has 0 saturated heterocycles. The van der Waals surface area contributed by atoms with Crippen LogP contribution in [-0.4, -0.2) is 18.3 Å². The van der Waals surface area contributed by atoms with Crippen LogP contribution >= 0.6 is 0 Å². The highest BCUT2D eigenvalue weighted by atomic mass is 16.5. The number of hydrogen-bond acceptors (Lipinski definition) is 3. The summed E-state index contributed by atoms with van der Waals surface area (Å²) in [6.07, 6.45) is 4.67. The van der Waals surface area contributed by atoms with Crippen LogP contribution in [0, 0.1) is 0 Å². The lowest BCUT2D eigenvalue weighted by Crippen LogP contribution is -2.01. The second kappa shape index (κ2) is 7.82. The van der Waals surface area contributed by atoms with Crippen LogP contribution in [0.4, 0.5) is 0 Å². The van der Waals surface area contributed by atoms with Gasteiger partial charge < -0.3 is 14.6 Å². The molecule has 96 valence electrons. The molecule has 0 aliphatic rings. The zero-order valence-electron chi connectivity index (χ0n) is 10.7. The Balaban J connectivity index is 2.48. The van der Waals surface area contributed by atoms with E-state index in [9.17, 15) is 5.11 Å². The van der Waals surface area contributed by atoms with E-state index in [0.717, 1.165) is 6.42 Å². The van der Waals surface area contributed by atoms with Crippen molar-refractivity contribution in [3.8, 4) is 17.2 Å². The van der Waals surface area contributed by atoms with Crippen molar-refractivity contribution < 1.29 is 14.6 Å². The van der Waals surface area contributed by atoms with E-state index in [0.29, 0.717) is 24.7 Å². The van der Waals surface area contributed by atoms with Crippen molar-refractivity contribution >= 4 is 0 Å². The first-order chi connectivity index (χ1) is 8.29. The van der Waals surface area contributed by atoms with Crippen LogP contribution in [0.2, 0.25) is 0 Å². The zero-order valence-corrected chi connectivity index (χ0v) is 10.7. The van der Waals surface area contributed by atoms with Gasteiger partial charge in [0, 0.05) is 0 Å². The number of phenolic OH excluding ortho intramolecular Hbond substituents is 1. The van der Waals surface area contributed by atoms with Crippen LogP contribution in [-0.2, 0) is 0 Å². The number of hydrogen-bond donors (Lipinski definition) is 1. The number of ether oxygens (including phenoxy) is 2. The first-order valence-corrected chi connectivity index (χ1v) is 6.37. The van der Waals surface area contributed by atoms with Gasteiger partial charge in [0.15, 0.2) is 11.5 Å². The average molecular weight is 238 g/mol. The zero-order chi connectivity index (χ0) is 12.5. The molecule has 0 bridgehead atoms. The molecule has 0 amide bonds. The van der Waals surface area contributed by atoms with Crippen molar-refractivity contribution in [2.75, 3.05) is 13.2 Å². The van der Waals surface area contributed by atoms with Crippen LogP contribution in [0.1, 0.15) is 39.5 Å². The van der Waals surface area contributed by atoms with Gasteiger partial charge in [0.25, 0.3) is 0 Å². The summed E-state index contributed by atoms with van der Waals surface area (Å²) in [6.45, 7) is 5.26. The number of benzene rings is 1. The fourth-order valence-electron chi connectivity index (χ4n) is 1.62. The third-order valence-electron chi connectivity index (χ3n) is 2.50. The molecule has 3 heteroatoms. The van der Waals surface area contributed by atoms with E-state index in [1.807, 2.05) is 13.0 Å². The molecular weight excluding hydrogens is 216 g/mol. The number of aromatic hydroxyl groups is 1. The third-order valence-corrected chi connectivity index (χ3v) is 2.50. The summed E-state index contributed by atoms with van der Waals surface area (Å²) >= 11 is 0. The molecule has 0 aliphatic carbocycles. The Hall–Kier alpha value is -1.38. The molecule has 0 radical (unpaired) electrons. The van der Waals surface area contributed by atoms with Gasteiger partial charge >= 0.3 is 0 Å². The molecule has 0 fully saturated rings. The topological polar surface area (TPSA) is 38.7 Å². The Morgan fingerprint density at radius 1 is 1.06 bits per heavy atom. The van der Waals surface area contributed by atoms with Gasteiger partial charge in [0.2, 0.25) is 5.75 Å². The van der Waals surface area contributed by atoms with Crippen molar-refractivity contribution in [2.24, 2.45) is 0 Å². The lowest BCUT2D eigenvalue weighted by molar-refractivity contribution is 0.261. The maximum atomic E-state index is 9.66. The predicted octanol–water partition coefficient (Wildman–Crippen LogP) is 3.75. The monoisotopic (exact) mass is 238 g/mol. The van der Waals surface area contributed by atoms with E-state index in [1.165, 1.54) is 19.3 Å². The summed E-state index contributed by atoms with van der Waals surface area (Å²) in [6, 6.07) is 5.19. The first kappa shape index (κ1) is 13.7. The number of unbranched alkanes of at least 4 members (excludes halogenated alkanes) is 3. The largest absolute Gasteiger partial charge is 0.504 e.